The van der Waals surface area contributed by atoms with Crippen LogP contribution in [0, 0.1) is 0 Å². The highest BCUT2D eigenvalue weighted by Gasteiger charge is 2.21. The molecule has 0 heterocycles. The van der Waals surface area contributed by atoms with Crippen LogP contribution < -0.4 is 16.8 Å². The van der Waals surface area contributed by atoms with Gasteiger partial charge in [0.1, 0.15) is 6.04 Å². The summed E-state index contributed by atoms with van der Waals surface area (Å²) >= 11 is 1.60. The van der Waals surface area contributed by atoms with E-state index in [4.69, 9.17) is 16.6 Å². The molecule has 0 fully saturated rings. The second kappa shape index (κ2) is 10.3. The molecule has 2 atom stereocenters. The molecule has 2 amide bonds. The van der Waals surface area contributed by atoms with Crippen molar-refractivity contribution < 1.29 is 14.7 Å². The third kappa shape index (κ3) is 9.14. The Hall–Kier alpha value is -1.47. The van der Waals surface area contributed by atoms with Gasteiger partial charge in [-0.05, 0) is 44.8 Å². The predicted molar refractivity (Wildman–Crippen MR) is 86.9 cm³/mol. The molecule has 0 spiro atoms. The van der Waals surface area contributed by atoms with Gasteiger partial charge >= 0.3 is 0 Å². The van der Waals surface area contributed by atoms with Crippen molar-refractivity contribution in [3.63, 3.8) is 0 Å². The van der Waals surface area contributed by atoms with E-state index in [0.717, 1.165) is 11.3 Å². The predicted octanol–water partition coefficient (Wildman–Crippen LogP) is 0.835. The van der Waals surface area contributed by atoms with Gasteiger partial charge in [-0.3, -0.25) is 9.59 Å². The van der Waals surface area contributed by atoms with Gasteiger partial charge in [0, 0.05) is 0 Å². The molecule has 6 nitrogen and oxygen atoms in total. The van der Waals surface area contributed by atoms with Crippen molar-refractivity contribution in [2.75, 3.05) is 12.0 Å². The van der Waals surface area contributed by atoms with Crippen LogP contribution >= 0.6 is 11.8 Å². The number of nitrogens with one attached hydrogen (secondary N) is 1. The molecule has 0 rings (SSSR count). The lowest BCUT2D eigenvalue weighted by molar-refractivity contribution is -0.128. The number of rotatable bonds is 9. The molecule has 0 saturated carbocycles. The van der Waals surface area contributed by atoms with E-state index in [-0.39, 0.29) is 18.1 Å². The largest absolute Gasteiger partial charge is 0.513 e. The molecule has 0 aliphatic heterocycles. The van der Waals surface area contributed by atoms with Gasteiger partial charge in [-0.2, -0.15) is 11.8 Å². The summed E-state index contributed by atoms with van der Waals surface area (Å²) in [5.41, 5.74) is 11.9. The van der Waals surface area contributed by atoms with Crippen molar-refractivity contribution in [3.05, 3.63) is 23.5 Å². The van der Waals surface area contributed by atoms with E-state index in [1.165, 1.54) is 6.08 Å². The van der Waals surface area contributed by atoms with Crippen LogP contribution in [0.5, 0.6) is 0 Å². The Bertz CT molecular complexity index is 418. The smallest absolute Gasteiger partial charge is 0.240 e. The minimum absolute atomic E-state index is 0.160. The summed E-state index contributed by atoms with van der Waals surface area (Å²) in [6.07, 6.45) is 5.94. The Morgan fingerprint density at radius 2 is 1.95 bits per heavy atom. The van der Waals surface area contributed by atoms with Gasteiger partial charge in [0.2, 0.25) is 11.8 Å². The normalized spacial score (nSPS) is 15.4. The maximum Gasteiger partial charge on any atom is 0.240 e. The average molecular weight is 315 g/mol. The Labute approximate surface area is 130 Å². The number of aliphatic hydroxyl groups excluding tert-OH is 1. The van der Waals surface area contributed by atoms with Gasteiger partial charge in [-0.1, -0.05) is 11.6 Å². The zero-order chi connectivity index (χ0) is 16.4. The maximum absolute atomic E-state index is 11.9. The molecular formula is C14H25N3O3S. The van der Waals surface area contributed by atoms with Crippen molar-refractivity contribution in [2.24, 2.45) is 11.5 Å². The lowest BCUT2D eigenvalue weighted by atomic mass is 10.1. The van der Waals surface area contributed by atoms with Crippen molar-refractivity contribution in [3.8, 4) is 0 Å². The van der Waals surface area contributed by atoms with Gasteiger partial charge < -0.3 is 21.9 Å². The quantitative estimate of drug-likeness (QED) is 0.371. The first-order chi connectivity index (χ1) is 9.77. The molecule has 0 aromatic heterocycles. The molecular weight excluding hydrogens is 290 g/mol. The topological polar surface area (TPSA) is 118 Å². The molecule has 7 heteroatoms. The summed E-state index contributed by atoms with van der Waals surface area (Å²) in [6, 6.07) is -1.45. The molecule has 0 aliphatic rings. The van der Waals surface area contributed by atoms with Crippen molar-refractivity contribution in [1.29, 1.82) is 0 Å². The highest BCUT2D eigenvalue weighted by Crippen LogP contribution is 2.07. The molecule has 0 bridgehead atoms. The Morgan fingerprint density at radius 3 is 2.43 bits per heavy atom. The number of carbonyl (C=O) groups excluding carboxylic acids is 2. The summed E-state index contributed by atoms with van der Waals surface area (Å²) in [7, 11) is 0. The van der Waals surface area contributed by atoms with E-state index in [2.05, 4.69) is 5.32 Å². The monoisotopic (exact) mass is 315 g/mol. The van der Waals surface area contributed by atoms with Gasteiger partial charge in [-0.25, -0.2) is 0 Å². The summed E-state index contributed by atoms with van der Waals surface area (Å²) in [6.45, 7) is 3.33. The van der Waals surface area contributed by atoms with Gasteiger partial charge in [0.05, 0.1) is 11.8 Å². The second-order valence-electron chi connectivity index (χ2n) is 4.88. The number of hydrogen-bond acceptors (Lipinski definition) is 5. The van der Waals surface area contributed by atoms with Crippen LogP contribution in [0.3, 0.4) is 0 Å². The Kier molecular flexibility index (Phi) is 9.56. The third-order valence-electron chi connectivity index (χ3n) is 2.76. The number of aliphatic hydroxyl groups is 1. The highest BCUT2D eigenvalue weighted by molar-refractivity contribution is 7.98. The summed E-state index contributed by atoms with van der Waals surface area (Å²) in [5, 5.41) is 11.7. The third-order valence-corrected chi connectivity index (χ3v) is 3.41. The SMILES string of the molecule is CSCC[C@H](N)C(=O)N[C@@H](C/C(C)=C/C=C(\C)O)C(N)=O. The number of nitrogens with two attached hydrogens (primary N) is 2. The Morgan fingerprint density at radius 1 is 1.33 bits per heavy atom. The lowest BCUT2D eigenvalue weighted by Crippen LogP contribution is -2.50. The van der Waals surface area contributed by atoms with Crippen LogP contribution in [-0.4, -0.2) is 41.0 Å². The minimum atomic E-state index is -0.804. The van der Waals surface area contributed by atoms with Crippen molar-refractivity contribution in [2.45, 2.75) is 38.8 Å². The number of carbonyl (C=O) groups is 2. The van der Waals surface area contributed by atoms with E-state index in [1.807, 2.05) is 6.26 Å². The second-order valence-corrected chi connectivity index (χ2v) is 5.86. The first kappa shape index (κ1) is 19.5. The van der Waals surface area contributed by atoms with Crippen LogP contribution in [0.2, 0.25) is 0 Å². The molecule has 0 aromatic carbocycles. The minimum Gasteiger partial charge on any atom is -0.513 e. The number of amides is 2. The van der Waals surface area contributed by atoms with Crippen LogP contribution in [0.15, 0.2) is 23.5 Å². The summed E-state index contributed by atoms with van der Waals surface area (Å²) < 4.78 is 0. The molecule has 21 heavy (non-hydrogen) atoms. The molecule has 0 aromatic rings. The van der Waals surface area contributed by atoms with E-state index < -0.39 is 18.0 Å². The summed E-state index contributed by atoms with van der Waals surface area (Å²) in [4.78, 5) is 23.3. The molecule has 0 unspecified atom stereocenters. The van der Waals surface area contributed by atoms with E-state index >= 15 is 0 Å². The molecule has 0 radical (unpaired) electrons. The zero-order valence-electron chi connectivity index (χ0n) is 12.8. The molecule has 120 valence electrons. The fourth-order valence-electron chi connectivity index (χ4n) is 1.53. The summed E-state index contributed by atoms with van der Waals surface area (Å²) in [5.74, 6) is -0.0597. The average Bonchev–Trinajstić information content (AvgIpc) is 2.41. The van der Waals surface area contributed by atoms with E-state index in [1.54, 1.807) is 31.7 Å². The van der Waals surface area contributed by atoms with Gasteiger partial charge in [0.15, 0.2) is 0 Å². The molecule has 6 N–H and O–H groups in total. The van der Waals surface area contributed by atoms with E-state index in [0.29, 0.717) is 6.42 Å². The Balaban J connectivity index is 4.63. The van der Waals surface area contributed by atoms with Crippen molar-refractivity contribution in [1.82, 2.24) is 5.32 Å². The van der Waals surface area contributed by atoms with Crippen LogP contribution in [0.25, 0.3) is 0 Å². The number of allylic oxidation sites excluding steroid dienone is 3. The standard InChI is InChI=1S/C14H25N3O3S/c1-9(4-5-10(2)18)8-12(13(16)19)17-14(20)11(15)6-7-21-3/h4-5,11-12,18H,6-8,15H2,1-3H3,(H2,16,19)(H,17,20)/b9-4+,10-5+/t11-,12-/m0/s1. The highest BCUT2D eigenvalue weighted by atomic mass is 32.2. The zero-order valence-corrected chi connectivity index (χ0v) is 13.6. The molecule has 0 saturated heterocycles. The van der Waals surface area contributed by atoms with Gasteiger partial charge in [-0.15, -0.1) is 0 Å². The van der Waals surface area contributed by atoms with Crippen LogP contribution in [0.1, 0.15) is 26.7 Å². The first-order valence-electron chi connectivity index (χ1n) is 6.65. The van der Waals surface area contributed by atoms with Crippen molar-refractivity contribution >= 4 is 23.6 Å². The lowest BCUT2D eigenvalue weighted by Gasteiger charge is -2.18. The fourth-order valence-corrected chi connectivity index (χ4v) is 2.02. The van der Waals surface area contributed by atoms with Crippen LogP contribution in [0.4, 0.5) is 0 Å². The number of thioether (sulfide) groups is 1. The van der Waals surface area contributed by atoms with Gasteiger partial charge in [0.25, 0.3) is 0 Å². The van der Waals surface area contributed by atoms with E-state index in [9.17, 15) is 9.59 Å². The first-order valence-corrected chi connectivity index (χ1v) is 8.04. The molecule has 0 aliphatic carbocycles. The number of primary amides is 1. The fraction of sp³-hybridized carbons (Fsp3) is 0.571. The number of hydrogen-bond donors (Lipinski definition) is 4. The maximum atomic E-state index is 11.9. The van der Waals surface area contributed by atoms with Crippen LogP contribution in [-0.2, 0) is 9.59 Å².